The zero-order valence-corrected chi connectivity index (χ0v) is 14.7. The van der Waals surface area contributed by atoms with Gasteiger partial charge in [0.1, 0.15) is 0 Å². The lowest BCUT2D eigenvalue weighted by Gasteiger charge is -2.24. The predicted octanol–water partition coefficient (Wildman–Crippen LogP) is 4.24. The summed E-state index contributed by atoms with van der Waals surface area (Å²) in [5.74, 6) is 0. The largest absolute Gasteiger partial charge is 0.399 e. The van der Waals surface area contributed by atoms with Gasteiger partial charge in [-0.05, 0) is 78.6 Å². The van der Waals surface area contributed by atoms with Crippen molar-refractivity contribution in [2.24, 2.45) is 0 Å². The molecule has 0 saturated heterocycles. The molecule has 2 aliphatic heterocycles. The molecule has 2 aliphatic rings. The maximum atomic E-state index is 5.94. The zero-order chi connectivity index (χ0) is 17.7. The number of nitrogen functional groups attached to an aromatic ring is 2. The van der Waals surface area contributed by atoms with Crippen molar-refractivity contribution < 1.29 is 0 Å². The van der Waals surface area contributed by atoms with Gasteiger partial charge in [0.25, 0.3) is 0 Å². The molecule has 4 N–H and O–H groups in total. The Morgan fingerprint density at radius 3 is 1.62 bits per heavy atom. The lowest BCUT2D eigenvalue weighted by molar-refractivity contribution is 0.985. The van der Waals surface area contributed by atoms with Crippen LogP contribution in [0.4, 0.5) is 34.1 Å². The molecule has 0 unspecified atom stereocenters. The monoisotopic (exact) mass is 342 g/mol. The normalized spacial score (nSPS) is 15.2. The third-order valence-electron chi connectivity index (χ3n) is 5.45. The summed E-state index contributed by atoms with van der Waals surface area (Å²) in [6, 6.07) is 21.3. The summed E-state index contributed by atoms with van der Waals surface area (Å²) in [4.78, 5) is 4.77. The molecule has 130 valence electrons. The number of rotatable bonds is 2. The Hall–Kier alpha value is -3.14. The topological polar surface area (TPSA) is 58.5 Å². The molecule has 0 spiro atoms. The van der Waals surface area contributed by atoms with E-state index in [1.54, 1.807) is 0 Å². The summed E-state index contributed by atoms with van der Waals surface area (Å²) in [7, 11) is 0. The Morgan fingerprint density at radius 1 is 0.615 bits per heavy atom. The zero-order valence-electron chi connectivity index (χ0n) is 14.7. The highest BCUT2D eigenvalue weighted by Gasteiger charge is 2.23. The Labute approximate surface area is 153 Å². The van der Waals surface area contributed by atoms with E-state index in [1.807, 2.05) is 12.1 Å². The SMILES string of the molecule is Nc1ccc2c(c1)CCN2c1cccc(N2CCc3cc(N)ccc32)c1. The predicted molar refractivity (Wildman–Crippen MR) is 110 cm³/mol. The van der Waals surface area contributed by atoms with Crippen molar-refractivity contribution in [3.63, 3.8) is 0 Å². The first-order valence-electron chi connectivity index (χ1n) is 9.11. The van der Waals surface area contributed by atoms with E-state index in [4.69, 9.17) is 11.5 Å². The molecule has 4 heteroatoms. The van der Waals surface area contributed by atoms with Crippen LogP contribution in [-0.2, 0) is 12.8 Å². The van der Waals surface area contributed by atoms with Crippen molar-refractivity contribution in [3.05, 3.63) is 71.8 Å². The van der Waals surface area contributed by atoms with E-state index in [0.29, 0.717) is 0 Å². The minimum absolute atomic E-state index is 0.840. The van der Waals surface area contributed by atoms with Crippen LogP contribution in [0.2, 0.25) is 0 Å². The van der Waals surface area contributed by atoms with Crippen LogP contribution in [0.3, 0.4) is 0 Å². The number of anilines is 6. The van der Waals surface area contributed by atoms with Crippen molar-refractivity contribution in [1.82, 2.24) is 0 Å². The Kier molecular flexibility index (Phi) is 3.32. The van der Waals surface area contributed by atoms with Crippen LogP contribution >= 0.6 is 0 Å². The van der Waals surface area contributed by atoms with Gasteiger partial charge in [-0.15, -0.1) is 0 Å². The molecule has 0 fully saturated rings. The molecule has 0 aliphatic carbocycles. The molecule has 0 aromatic heterocycles. The van der Waals surface area contributed by atoms with Crippen molar-refractivity contribution in [1.29, 1.82) is 0 Å². The van der Waals surface area contributed by atoms with E-state index in [0.717, 1.165) is 37.3 Å². The highest BCUT2D eigenvalue weighted by atomic mass is 15.2. The van der Waals surface area contributed by atoms with Gasteiger partial charge >= 0.3 is 0 Å². The first-order valence-corrected chi connectivity index (χ1v) is 9.11. The average Bonchev–Trinajstić information content (AvgIpc) is 3.25. The van der Waals surface area contributed by atoms with Crippen LogP contribution in [0, 0.1) is 0 Å². The van der Waals surface area contributed by atoms with Crippen molar-refractivity contribution in [2.75, 3.05) is 34.4 Å². The standard InChI is InChI=1S/C22H22N4/c23-17-4-6-21-15(12-17)8-10-25(21)19-2-1-3-20(14-19)26-11-9-16-13-18(24)5-7-22(16)26/h1-7,12-14H,8-11,23-24H2. The lowest BCUT2D eigenvalue weighted by Crippen LogP contribution is -2.16. The molecule has 26 heavy (non-hydrogen) atoms. The summed E-state index contributed by atoms with van der Waals surface area (Å²) < 4.78 is 0. The Balaban J connectivity index is 1.51. The van der Waals surface area contributed by atoms with Gasteiger partial charge < -0.3 is 21.3 Å². The van der Waals surface area contributed by atoms with Gasteiger partial charge in [-0.2, -0.15) is 0 Å². The number of hydrogen-bond donors (Lipinski definition) is 2. The number of benzene rings is 3. The van der Waals surface area contributed by atoms with Crippen molar-refractivity contribution in [2.45, 2.75) is 12.8 Å². The number of fused-ring (bicyclic) bond motifs is 2. The van der Waals surface area contributed by atoms with Gasteiger partial charge in [0.2, 0.25) is 0 Å². The summed E-state index contributed by atoms with van der Waals surface area (Å²) in [5.41, 5.74) is 21.2. The van der Waals surface area contributed by atoms with Gasteiger partial charge in [-0.3, -0.25) is 0 Å². The third-order valence-corrected chi connectivity index (χ3v) is 5.45. The smallest absolute Gasteiger partial charge is 0.0445 e. The summed E-state index contributed by atoms with van der Waals surface area (Å²) in [5, 5.41) is 0. The second kappa shape index (κ2) is 5.70. The van der Waals surface area contributed by atoms with Crippen LogP contribution in [0.1, 0.15) is 11.1 Å². The second-order valence-corrected chi connectivity index (χ2v) is 7.10. The number of nitrogens with two attached hydrogens (primary N) is 2. The molecule has 3 aromatic rings. The minimum Gasteiger partial charge on any atom is -0.399 e. The van der Waals surface area contributed by atoms with Gasteiger partial charge in [0.15, 0.2) is 0 Å². The minimum atomic E-state index is 0.840. The van der Waals surface area contributed by atoms with E-state index in [9.17, 15) is 0 Å². The van der Waals surface area contributed by atoms with Crippen LogP contribution in [0.25, 0.3) is 0 Å². The van der Waals surface area contributed by atoms with Crippen LogP contribution in [-0.4, -0.2) is 13.1 Å². The molecule has 2 heterocycles. The van der Waals surface area contributed by atoms with E-state index >= 15 is 0 Å². The summed E-state index contributed by atoms with van der Waals surface area (Å²) in [6.07, 6.45) is 2.08. The second-order valence-electron chi connectivity index (χ2n) is 7.10. The van der Waals surface area contributed by atoms with E-state index in [2.05, 4.69) is 58.3 Å². The van der Waals surface area contributed by atoms with E-state index in [-0.39, 0.29) is 0 Å². The highest BCUT2D eigenvalue weighted by molar-refractivity contribution is 5.78. The first-order chi connectivity index (χ1) is 12.7. The van der Waals surface area contributed by atoms with Crippen LogP contribution in [0.5, 0.6) is 0 Å². The lowest BCUT2D eigenvalue weighted by atomic mass is 10.1. The van der Waals surface area contributed by atoms with Crippen molar-refractivity contribution >= 4 is 34.1 Å². The fraction of sp³-hybridized carbons (Fsp3) is 0.182. The maximum Gasteiger partial charge on any atom is 0.0445 e. The summed E-state index contributed by atoms with van der Waals surface area (Å²) >= 11 is 0. The first kappa shape index (κ1) is 15.1. The molecule has 4 nitrogen and oxygen atoms in total. The fourth-order valence-electron chi connectivity index (χ4n) is 4.21. The molecule has 0 radical (unpaired) electrons. The molecular weight excluding hydrogens is 320 g/mol. The molecular formula is C22H22N4. The van der Waals surface area contributed by atoms with Crippen molar-refractivity contribution in [3.8, 4) is 0 Å². The quantitative estimate of drug-likeness (QED) is 0.684. The maximum absolute atomic E-state index is 5.94. The Bertz CT molecular complexity index is 918. The Morgan fingerprint density at radius 2 is 1.12 bits per heavy atom. The van der Waals surface area contributed by atoms with Crippen LogP contribution in [0.15, 0.2) is 60.7 Å². The fourth-order valence-corrected chi connectivity index (χ4v) is 4.21. The average molecular weight is 342 g/mol. The van der Waals surface area contributed by atoms with Gasteiger partial charge in [-0.25, -0.2) is 0 Å². The highest BCUT2D eigenvalue weighted by Crippen LogP contribution is 2.40. The molecule has 5 rings (SSSR count). The number of hydrogen-bond acceptors (Lipinski definition) is 4. The van der Waals surface area contributed by atoms with Gasteiger partial charge in [0, 0.05) is 47.2 Å². The molecule has 0 amide bonds. The van der Waals surface area contributed by atoms with E-state index in [1.165, 1.54) is 33.9 Å². The summed E-state index contributed by atoms with van der Waals surface area (Å²) in [6.45, 7) is 1.99. The molecule has 0 atom stereocenters. The molecule has 0 bridgehead atoms. The van der Waals surface area contributed by atoms with Gasteiger partial charge in [0.05, 0.1) is 0 Å². The van der Waals surface area contributed by atoms with E-state index < -0.39 is 0 Å². The molecule has 0 saturated carbocycles. The van der Waals surface area contributed by atoms with Gasteiger partial charge in [-0.1, -0.05) is 6.07 Å². The number of nitrogens with zero attached hydrogens (tertiary/aromatic N) is 2. The molecule has 3 aromatic carbocycles. The van der Waals surface area contributed by atoms with Crippen LogP contribution < -0.4 is 21.3 Å². The third kappa shape index (κ3) is 2.37.